The van der Waals surface area contributed by atoms with E-state index in [2.05, 4.69) is 185 Å². The second-order valence-corrected chi connectivity index (χ2v) is 23.8. The zero-order valence-corrected chi connectivity index (χ0v) is 45.0. The Morgan fingerprint density at radius 1 is 0.341 bits per heavy atom. The van der Waals surface area contributed by atoms with E-state index in [1.807, 2.05) is 97.1 Å². The number of nitrogens with zero attached hydrogens (tertiary/aromatic N) is 8. The molecule has 0 spiro atoms. The van der Waals surface area contributed by atoms with Gasteiger partial charge in [0.25, 0.3) is 0 Å². The van der Waals surface area contributed by atoms with Gasteiger partial charge in [0.2, 0.25) is 0 Å². The van der Waals surface area contributed by atoms with Crippen molar-refractivity contribution in [1.29, 1.82) is 15.8 Å². The predicted octanol–water partition coefficient (Wildman–Crippen LogP) is 14.5. The Morgan fingerprint density at radius 2 is 0.756 bits per heavy atom. The molecule has 0 fully saturated rings. The second kappa shape index (κ2) is 21.3. The van der Waals surface area contributed by atoms with Crippen LogP contribution in [0.4, 0.5) is 5.69 Å². The lowest BCUT2D eigenvalue weighted by atomic mass is 9.97. The summed E-state index contributed by atoms with van der Waals surface area (Å²) in [6, 6.07) is 98.0. The van der Waals surface area contributed by atoms with Crippen LogP contribution in [0.1, 0.15) is 16.7 Å². The molecule has 0 saturated heterocycles. The summed E-state index contributed by atoms with van der Waals surface area (Å²) in [5, 5.41) is 37.1. The van der Waals surface area contributed by atoms with E-state index in [4.69, 9.17) is 21.5 Å². The van der Waals surface area contributed by atoms with Crippen LogP contribution in [0, 0.1) is 40.6 Å². The minimum atomic E-state index is -2.99. The molecule has 0 radical (unpaired) electrons. The van der Waals surface area contributed by atoms with Gasteiger partial charge in [-0.1, -0.05) is 200 Å². The Labute approximate surface area is 475 Å². The molecule has 2 heterocycles. The van der Waals surface area contributed by atoms with Crippen molar-refractivity contribution in [2.75, 3.05) is 0 Å². The maximum atomic E-state index is 10.1. The van der Waals surface area contributed by atoms with E-state index in [0.717, 1.165) is 77.6 Å². The van der Waals surface area contributed by atoms with Gasteiger partial charge in [0.1, 0.15) is 0 Å². The molecule has 11 aromatic carbocycles. The third kappa shape index (κ3) is 9.04. The lowest BCUT2D eigenvalue weighted by molar-refractivity contribution is 1.07. The van der Waals surface area contributed by atoms with E-state index in [1.165, 1.54) is 20.7 Å². The fourth-order valence-electron chi connectivity index (χ4n) is 11.5. The van der Waals surface area contributed by atoms with Crippen LogP contribution < -0.4 is 20.7 Å². The van der Waals surface area contributed by atoms with Gasteiger partial charge in [-0.3, -0.25) is 0 Å². The fraction of sp³-hybridized carbons (Fsp3) is 0. The van der Waals surface area contributed by atoms with Gasteiger partial charge in [-0.15, -0.1) is 0 Å². The van der Waals surface area contributed by atoms with Crippen LogP contribution in [0.25, 0.3) is 99.9 Å². The highest BCUT2D eigenvalue weighted by Gasteiger charge is 2.41. The molecule has 380 valence electrons. The fourth-order valence-corrected chi connectivity index (χ4v) is 16.3. The van der Waals surface area contributed by atoms with E-state index in [0.29, 0.717) is 39.9 Å². The van der Waals surface area contributed by atoms with E-state index >= 15 is 0 Å². The topological polar surface area (TPSA) is 119 Å². The lowest BCUT2D eigenvalue weighted by Gasteiger charge is -2.34. The summed E-state index contributed by atoms with van der Waals surface area (Å²) < 4.78 is 2.31. The molecule has 0 aliphatic heterocycles. The molecule has 13 rings (SSSR count). The zero-order valence-electron chi connectivity index (χ0n) is 44.0. The third-order valence-electron chi connectivity index (χ3n) is 15.2. The first kappa shape index (κ1) is 49.9. The van der Waals surface area contributed by atoms with E-state index in [9.17, 15) is 15.8 Å². The summed E-state index contributed by atoms with van der Waals surface area (Å²) in [6.45, 7) is 7.90. The summed E-state index contributed by atoms with van der Waals surface area (Å²) in [6.07, 6.45) is 0. The molecule has 8 nitrogen and oxygen atoms in total. The number of aromatic nitrogens is 4. The van der Waals surface area contributed by atoms with Crippen LogP contribution >= 0.6 is 0 Å². The molecule has 0 aliphatic carbocycles. The molecular formula is C73H44N8Si. The Balaban J connectivity index is 1.12. The Bertz CT molecular complexity index is 4430. The highest BCUT2D eigenvalue weighted by atomic mass is 28.3. The van der Waals surface area contributed by atoms with E-state index in [1.54, 1.807) is 12.1 Å². The normalized spacial score (nSPS) is 11.1. The smallest absolute Gasteiger partial charge is 0.189 e. The van der Waals surface area contributed by atoms with E-state index in [-0.39, 0.29) is 0 Å². The van der Waals surface area contributed by atoms with Crippen molar-refractivity contribution >= 4 is 56.3 Å². The van der Waals surface area contributed by atoms with Crippen molar-refractivity contribution in [3.8, 4) is 91.4 Å². The molecule has 0 bridgehead atoms. The van der Waals surface area contributed by atoms with Gasteiger partial charge in [0.15, 0.2) is 31.2 Å². The summed E-state index contributed by atoms with van der Waals surface area (Å²) in [5.41, 5.74) is 11.8. The number of rotatable bonds is 11. The number of nitriles is 3. The molecule has 0 amide bonds. The minimum absolute atomic E-state index is 0.372. The largest absolute Gasteiger partial charge is 0.309 e. The molecule has 13 aromatic rings. The molecule has 0 saturated carbocycles. The molecule has 0 N–H and O–H groups in total. The van der Waals surface area contributed by atoms with Crippen molar-refractivity contribution in [1.82, 2.24) is 19.5 Å². The SMILES string of the molecule is [C-]#[N+]c1cc(C#N)cc(-c2ccc3c(c2)c2cc(-c4cc(C#N)cc(C#N)c4)ccc2n3-c2cc(-c3nc(-c4ccccc4)nc(-c4ccccc4)n3)ccc2-c2cccc([Si](c3ccccc3)(c3ccccc3)c3ccccc3)c2)c1. The van der Waals surface area contributed by atoms with Gasteiger partial charge in [0, 0.05) is 38.6 Å². The second-order valence-electron chi connectivity index (χ2n) is 20.0. The maximum absolute atomic E-state index is 10.1. The van der Waals surface area contributed by atoms with Crippen LogP contribution in [0.15, 0.2) is 267 Å². The van der Waals surface area contributed by atoms with Gasteiger partial charge in [-0.05, 0) is 115 Å². The van der Waals surface area contributed by atoms with Crippen LogP contribution in [-0.2, 0) is 0 Å². The standard InChI is InChI=1S/C73H44N8Si/c1-77-60-40-51(48-76)39-59(41-60)55-32-35-69-67(44-55)66-43-54(58-37-49(46-74)36-50(38-58)47-75)31-34-68(66)81(69)70-45-57(73-79-71(52-18-7-2-8-19-52)78-72(80-73)53-20-9-3-10-21-53)30-33-65(70)56-22-17-29-64(42-56)82(61-23-11-4-12-24-61,62-25-13-5-14-26-62)63-27-15-6-16-28-63/h2-45H. The van der Waals surface area contributed by atoms with Crippen LogP contribution in [0.5, 0.6) is 0 Å². The van der Waals surface area contributed by atoms with Crippen LogP contribution in [-0.4, -0.2) is 27.6 Å². The monoisotopic (exact) mass is 1060 g/mol. The molecule has 2 aromatic heterocycles. The lowest BCUT2D eigenvalue weighted by Crippen LogP contribution is -2.74. The molecule has 0 atom stereocenters. The van der Waals surface area contributed by atoms with Gasteiger partial charge >= 0.3 is 0 Å². The van der Waals surface area contributed by atoms with Gasteiger partial charge < -0.3 is 4.57 Å². The average molecular weight is 1060 g/mol. The van der Waals surface area contributed by atoms with Crippen molar-refractivity contribution in [2.45, 2.75) is 0 Å². The minimum Gasteiger partial charge on any atom is -0.309 e. The summed E-state index contributed by atoms with van der Waals surface area (Å²) in [5.74, 6) is 1.60. The quantitative estimate of drug-likeness (QED) is 0.0723. The Kier molecular flexibility index (Phi) is 13.0. The van der Waals surface area contributed by atoms with Crippen molar-refractivity contribution < 1.29 is 0 Å². The molecule has 0 aliphatic rings. The van der Waals surface area contributed by atoms with Gasteiger partial charge in [-0.2, -0.15) is 15.8 Å². The highest BCUT2D eigenvalue weighted by Crippen LogP contribution is 2.42. The highest BCUT2D eigenvalue weighted by molar-refractivity contribution is 7.19. The van der Waals surface area contributed by atoms with Gasteiger partial charge in [-0.25, -0.2) is 19.8 Å². The summed E-state index contributed by atoms with van der Waals surface area (Å²) in [7, 11) is -2.99. The van der Waals surface area contributed by atoms with Crippen molar-refractivity contribution in [3.05, 3.63) is 295 Å². The molecular weight excluding hydrogens is 1020 g/mol. The summed E-state index contributed by atoms with van der Waals surface area (Å²) in [4.78, 5) is 19.2. The number of fused-ring (bicyclic) bond motifs is 3. The van der Waals surface area contributed by atoms with Crippen molar-refractivity contribution in [3.63, 3.8) is 0 Å². The predicted molar refractivity (Wildman–Crippen MR) is 331 cm³/mol. The summed E-state index contributed by atoms with van der Waals surface area (Å²) >= 11 is 0. The number of hydrogen-bond donors (Lipinski definition) is 0. The van der Waals surface area contributed by atoms with E-state index < -0.39 is 8.07 Å². The first-order valence-electron chi connectivity index (χ1n) is 26.7. The molecule has 9 heteroatoms. The van der Waals surface area contributed by atoms with Crippen LogP contribution in [0.2, 0.25) is 0 Å². The Morgan fingerprint density at radius 3 is 1.23 bits per heavy atom. The van der Waals surface area contributed by atoms with Crippen LogP contribution in [0.3, 0.4) is 0 Å². The first-order chi connectivity index (χ1) is 40.4. The first-order valence-corrected chi connectivity index (χ1v) is 28.7. The van der Waals surface area contributed by atoms with Crippen molar-refractivity contribution in [2.24, 2.45) is 0 Å². The zero-order chi connectivity index (χ0) is 55.6. The molecule has 0 unspecified atom stereocenters. The third-order valence-corrected chi connectivity index (χ3v) is 20.0. The Hall–Kier alpha value is -11.6. The molecule has 82 heavy (non-hydrogen) atoms. The number of hydrogen-bond acceptors (Lipinski definition) is 6. The average Bonchev–Trinajstić information content (AvgIpc) is 2.47. The number of benzene rings is 11. The van der Waals surface area contributed by atoms with Gasteiger partial charge in [0.05, 0.1) is 52.6 Å². The maximum Gasteiger partial charge on any atom is 0.189 e.